The maximum atomic E-state index is 9.55. The lowest BCUT2D eigenvalue weighted by Gasteiger charge is -2.08. The third kappa shape index (κ3) is 1.22. The number of aromatic hydroxyl groups is 1. The third-order valence-corrected chi connectivity index (χ3v) is 3.75. The van der Waals surface area contributed by atoms with Crippen molar-refractivity contribution >= 4 is 27.6 Å². The van der Waals surface area contributed by atoms with Crippen LogP contribution in [0.2, 0.25) is 0 Å². The lowest BCUT2D eigenvalue weighted by Crippen LogP contribution is -1.85. The minimum Gasteiger partial charge on any atom is -0.508 e. The Balaban J connectivity index is 2.20. The predicted octanol–water partition coefficient (Wildman–Crippen LogP) is 4.27. The number of hydrogen-bond acceptors (Lipinski definition) is 1. The van der Waals surface area contributed by atoms with Crippen LogP contribution in [0.25, 0.3) is 27.6 Å². The van der Waals surface area contributed by atoms with E-state index in [1.165, 1.54) is 27.3 Å². The smallest absolute Gasteiger partial charge is 0.116 e. The molecule has 0 aliphatic heterocycles. The van der Waals surface area contributed by atoms with Gasteiger partial charge in [0.1, 0.15) is 5.75 Å². The minimum absolute atomic E-state index is 0.322. The first kappa shape index (κ1) is 9.72. The van der Waals surface area contributed by atoms with Crippen molar-refractivity contribution < 1.29 is 5.11 Å². The molecule has 3 aromatic rings. The van der Waals surface area contributed by atoms with Gasteiger partial charge in [0.05, 0.1) is 0 Å². The van der Waals surface area contributed by atoms with Crippen molar-refractivity contribution in [2.45, 2.75) is 6.42 Å². The van der Waals surface area contributed by atoms with Crippen molar-refractivity contribution in [3.05, 3.63) is 59.7 Å². The van der Waals surface area contributed by atoms with E-state index < -0.39 is 0 Å². The van der Waals surface area contributed by atoms with Crippen LogP contribution in [0.1, 0.15) is 11.1 Å². The first-order chi connectivity index (χ1) is 8.83. The predicted molar refractivity (Wildman–Crippen MR) is 75.9 cm³/mol. The number of phenols is 1. The largest absolute Gasteiger partial charge is 0.508 e. The van der Waals surface area contributed by atoms with Crippen molar-refractivity contribution in [2.24, 2.45) is 0 Å². The Kier molecular flexibility index (Phi) is 1.81. The van der Waals surface area contributed by atoms with Crippen molar-refractivity contribution in [3.8, 4) is 5.75 Å². The number of rotatable bonds is 0. The summed E-state index contributed by atoms with van der Waals surface area (Å²) in [4.78, 5) is 0. The average Bonchev–Trinajstić information content (AvgIpc) is 2.86. The quantitative estimate of drug-likeness (QED) is 0.574. The molecule has 1 aliphatic rings. The van der Waals surface area contributed by atoms with Gasteiger partial charge in [0, 0.05) is 0 Å². The molecule has 0 atom stereocenters. The maximum absolute atomic E-state index is 9.55. The molecule has 3 aromatic carbocycles. The summed E-state index contributed by atoms with van der Waals surface area (Å²) in [5.41, 5.74) is 2.75. The van der Waals surface area contributed by atoms with Gasteiger partial charge < -0.3 is 5.11 Å². The number of benzene rings is 3. The van der Waals surface area contributed by atoms with Crippen LogP contribution in [0.3, 0.4) is 0 Å². The zero-order valence-electron chi connectivity index (χ0n) is 9.85. The van der Waals surface area contributed by atoms with Gasteiger partial charge in [0.15, 0.2) is 0 Å². The van der Waals surface area contributed by atoms with E-state index in [1.54, 1.807) is 6.07 Å². The summed E-state index contributed by atoms with van der Waals surface area (Å²) in [7, 11) is 0. The average molecular weight is 232 g/mol. The molecule has 4 rings (SSSR count). The normalized spacial score (nSPS) is 13.3. The molecular weight excluding hydrogens is 220 g/mol. The van der Waals surface area contributed by atoms with E-state index in [0.29, 0.717) is 5.75 Å². The Morgan fingerprint density at radius 3 is 2.61 bits per heavy atom. The van der Waals surface area contributed by atoms with Crippen LogP contribution < -0.4 is 0 Å². The van der Waals surface area contributed by atoms with Crippen molar-refractivity contribution in [1.29, 1.82) is 0 Å². The van der Waals surface area contributed by atoms with E-state index in [-0.39, 0.29) is 0 Å². The molecule has 0 saturated heterocycles. The molecule has 1 aliphatic carbocycles. The molecule has 1 heteroatoms. The van der Waals surface area contributed by atoms with Crippen molar-refractivity contribution in [1.82, 2.24) is 0 Å². The van der Waals surface area contributed by atoms with Crippen LogP contribution in [0.4, 0.5) is 0 Å². The zero-order valence-corrected chi connectivity index (χ0v) is 9.85. The Morgan fingerprint density at radius 1 is 0.833 bits per heavy atom. The van der Waals surface area contributed by atoms with Gasteiger partial charge in [-0.05, 0) is 51.2 Å². The molecule has 0 amide bonds. The number of hydrogen-bond donors (Lipinski definition) is 1. The molecule has 1 N–H and O–H groups in total. The maximum Gasteiger partial charge on any atom is 0.116 e. The minimum atomic E-state index is 0.322. The van der Waals surface area contributed by atoms with Crippen LogP contribution in [-0.4, -0.2) is 5.11 Å². The number of allylic oxidation sites excluding steroid dienone is 1. The van der Waals surface area contributed by atoms with Gasteiger partial charge in [0.2, 0.25) is 0 Å². The van der Waals surface area contributed by atoms with Gasteiger partial charge in [-0.3, -0.25) is 0 Å². The number of phenolic OH excluding ortho intramolecular Hbond substituents is 1. The standard InChI is InChI=1S/C17H12O/c18-13-6-9-15-12(10-13)5-8-16-14-3-1-2-11(14)4-7-17(15)16/h1,3-10,18H,2H2. The van der Waals surface area contributed by atoms with Gasteiger partial charge in [-0.25, -0.2) is 0 Å². The molecule has 0 spiro atoms. The molecule has 0 fully saturated rings. The number of fused-ring (bicyclic) bond motifs is 5. The van der Waals surface area contributed by atoms with E-state index in [4.69, 9.17) is 0 Å². The molecule has 1 nitrogen and oxygen atoms in total. The fourth-order valence-electron chi connectivity index (χ4n) is 2.88. The summed E-state index contributed by atoms with van der Waals surface area (Å²) < 4.78 is 0. The fraction of sp³-hybridized carbons (Fsp3) is 0.0588. The zero-order chi connectivity index (χ0) is 12.1. The highest BCUT2D eigenvalue weighted by Gasteiger charge is 2.10. The van der Waals surface area contributed by atoms with Gasteiger partial charge in [0.25, 0.3) is 0 Å². The molecule has 86 valence electrons. The van der Waals surface area contributed by atoms with Gasteiger partial charge in [-0.15, -0.1) is 0 Å². The Hall–Kier alpha value is -2.28. The lowest BCUT2D eigenvalue weighted by atomic mass is 9.96. The second kappa shape index (κ2) is 3.36. The van der Waals surface area contributed by atoms with Crippen molar-refractivity contribution in [2.75, 3.05) is 0 Å². The van der Waals surface area contributed by atoms with Gasteiger partial charge >= 0.3 is 0 Å². The van der Waals surface area contributed by atoms with E-state index in [1.807, 2.05) is 12.1 Å². The van der Waals surface area contributed by atoms with E-state index in [2.05, 4.69) is 36.4 Å². The molecule has 0 heterocycles. The first-order valence-corrected chi connectivity index (χ1v) is 6.17. The van der Waals surface area contributed by atoms with Crippen LogP contribution in [0, 0.1) is 0 Å². The molecular formula is C17H12O. The fourth-order valence-corrected chi connectivity index (χ4v) is 2.88. The van der Waals surface area contributed by atoms with E-state index in [9.17, 15) is 5.11 Å². The van der Waals surface area contributed by atoms with E-state index >= 15 is 0 Å². The summed E-state index contributed by atoms with van der Waals surface area (Å²) in [5.74, 6) is 0.322. The molecule has 0 unspecified atom stereocenters. The van der Waals surface area contributed by atoms with Crippen LogP contribution in [0.15, 0.2) is 48.5 Å². The molecule has 0 aromatic heterocycles. The summed E-state index contributed by atoms with van der Waals surface area (Å²) >= 11 is 0. The second-order valence-electron chi connectivity index (χ2n) is 4.81. The van der Waals surface area contributed by atoms with Crippen LogP contribution in [-0.2, 0) is 6.42 Å². The van der Waals surface area contributed by atoms with Gasteiger partial charge in [-0.2, -0.15) is 0 Å². The van der Waals surface area contributed by atoms with Crippen LogP contribution >= 0.6 is 0 Å². The lowest BCUT2D eigenvalue weighted by molar-refractivity contribution is 0.476. The summed E-state index contributed by atoms with van der Waals surface area (Å²) in [6.07, 6.45) is 5.47. The molecule has 0 radical (unpaired) electrons. The Morgan fingerprint density at radius 2 is 1.67 bits per heavy atom. The molecule has 0 bridgehead atoms. The highest BCUT2D eigenvalue weighted by Crippen LogP contribution is 2.33. The Labute approximate surface area is 105 Å². The summed E-state index contributed by atoms with van der Waals surface area (Å²) in [6.45, 7) is 0. The third-order valence-electron chi connectivity index (χ3n) is 3.75. The van der Waals surface area contributed by atoms with E-state index in [0.717, 1.165) is 11.8 Å². The second-order valence-corrected chi connectivity index (χ2v) is 4.81. The Bertz CT molecular complexity index is 813. The monoisotopic (exact) mass is 232 g/mol. The van der Waals surface area contributed by atoms with Crippen LogP contribution in [0.5, 0.6) is 5.75 Å². The van der Waals surface area contributed by atoms with Crippen molar-refractivity contribution in [3.63, 3.8) is 0 Å². The molecule has 0 saturated carbocycles. The SMILES string of the molecule is Oc1ccc2c(ccc3c4c(ccc32)CC=C4)c1. The topological polar surface area (TPSA) is 20.2 Å². The molecule has 18 heavy (non-hydrogen) atoms. The highest BCUT2D eigenvalue weighted by molar-refractivity contribution is 6.10. The highest BCUT2D eigenvalue weighted by atomic mass is 16.3. The summed E-state index contributed by atoms with van der Waals surface area (Å²) in [5, 5.41) is 14.4. The van der Waals surface area contributed by atoms with Gasteiger partial charge in [-0.1, -0.05) is 42.5 Å². The summed E-state index contributed by atoms with van der Waals surface area (Å²) in [6, 6.07) is 14.2. The first-order valence-electron chi connectivity index (χ1n) is 6.17.